The van der Waals surface area contributed by atoms with Crippen molar-refractivity contribution in [2.75, 3.05) is 45.3 Å². The predicted octanol–water partition coefficient (Wildman–Crippen LogP) is 3.29. The fourth-order valence-corrected chi connectivity index (χ4v) is 3.21. The third-order valence-electron chi connectivity index (χ3n) is 4.89. The summed E-state index contributed by atoms with van der Waals surface area (Å²) in [5, 5.41) is 2.89. The molecule has 1 saturated heterocycles. The maximum atomic E-state index is 12.9. The molecule has 2 amide bonds. The summed E-state index contributed by atoms with van der Waals surface area (Å²) in [6, 6.07) is 10.3. The van der Waals surface area contributed by atoms with E-state index in [-0.39, 0.29) is 11.8 Å². The first-order valence-electron chi connectivity index (χ1n) is 9.75. The predicted molar refractivity (Wildman–Crippen MR) is 115 cm³/mol. The van der Waals surface area contributed by atoms with E-state index in [0.717, 1.165) is 5.56 Å². The number of nitrogens with zero attached hydrogens (tertiary/aromatic N) is 1. The fraction of sp³-hybridized carbons (Fsp3) is 0.304. The van der Waals surface area contributed by atoms with Gasteiger partial charge in [0.25, 0.3) is 11.8 Å². The van der Waals surface area contributed by atoms with Crippen molar-refractivity contribution in [1.29, 1.82) is 0 Å². The molecule has 0 aliphatic carbocycles. The number of benzene rings is 2. The lowest BCUT2D eigenvalue weighted by molar-refractivity contribution is 0.0302. The Balaban J connectivity index is 1.78. The average molecular weight is 410 g/mol. The molecular weight excluding hydrogens is 384 g/mol. The van der Waals surface area contributed by atoms with Crippen molar-refractivity contribution < 1.29 is 23.8 Å². The van der Waals surface area contributed by atoms with Gasteiger partial charge in [0.15, 0.2) is 11.5 Å². The van der Waals surface area contributed by atoms with E-state index in [2.05, 4.69) is 11.9 Å². The first-order valence-corrected chi connectivity index (χ1v) is 9.75. The van der Waals surface area contributed by atoms with Crippen LogP contribution in [0.25, 0.3) is 0 Å². The Kier molecular flexibility index (Phi) is 7.08. The van der Waals surface area contributed by atoms with Crippen LogP contribution in [-0.2, 0) is 4.74 Å². The fourth-order valence-electron chi connectivity index (χ4n) is 3.21. The highest BCUT2D eigenvalue weighted by Crippen LogP contribution is 2.29. The van der Waals surface area contributed by atoms with Crippen LogP contribution in [0.5, 0.6) is 11.5 Å². The zero-order chi connectivity index (χ0) is 21.5. The highest BCUT2D eigenvalue weighted by Gasteiger charge is 2.21. The molecule has 1 aliphatic rings. The number of rotatable bonds is 7. The smallest absolute Gasteiger partial charge is 0.255 e. The van der Waals surface area contributed by atoms with Gasteiger partial charge in [0.2, 0.25) is 0 Å². The highest BCUT2D eigenvalue weighted by molar-refractivity contribution is 6.06. The van der Waals surface area contributed by atoms with Crippen LogP contribution in [0.3, 0.4) is 0 Å². The molecule has 2 aromatic carbocycles. The number of hydrogen-bond acceptors (Lipinski definition) is 5. The summed E-state index contributed by atoms with van der Waals surface area (Å²) in [7, 11) is 1.52. The highest BCUT2D eigenvalue weighted by atomic mass is 16.5. The summed E-state index contributed by atoms with van der Waals surface area (Å²) in [5.74, 6) is 0.626. The second-order valence-electron chi connectivity index (χ2n) is 6.80. The van der Waals surface area contributed by atoms with E-state index >= 15 is 0 Å². The van der Waals surface area contributed by atoms with Crippen LogP contribution < -0.4 is 14.8 Å². The Bertz CT molecular complexity index is 935. The molecule has 0 atom stereocenters. The molecule has 7 nitrogen and oxygen atoms in total. The van der Waals surface area contributed by atoms with Crippen molar-refractivity contribution in [3.63, 3.8) is 0 Å². The van der Waals surface area contributed by atoms with Crippen molar-refractivity contribution in [2.24, 2.45) is 0 Å². The van der Waals surface area contributed by atoms with Crippen molar-refractivity contribution in [2.45, 2.75) is 6.92 Å². The Morgan fingerprint density at radius 3 is 2.67 bits per heavy atom. The molecule has 3 rings (SSSR count). The van der Waals surface area contributed by atoms with E-state index in [9.17, 15) is 9.59 Å². The average Bonchev–Trinajstić information content (AvgIpc) is 2.79. The number of carbonyl (C=O) groups is 2. The molecule has 0 bridgehead atoms. The molecule has 1 fully saturated rings. The van der Waals surface area contributed by atoms with E-state index in [0.29, 0.717) is 61.2 Å². The van der Waals surface area contributed by atoms with E-state index in [4.69, 9.17) is 14.2 Å². The third-order valence-corrected chi connectivity index (χ3v) is 4.89. The molecule has 0 unspecified atom stereocenters. The molecule has 30 heavy (non-hydrogen) atoms. The van der Waals surface area contributed by atoms with Gasteiger partial charge in [-0.3, -0.25) is 9.59 Å². The van der Waals surface area contributed by atoms with E-state index in [1.54, 1.807) is 47.4 Å². The molecule has 0 saturated carbocycles. The Labute approximate surface area is 176 Å². The summed E-state index contributed by atoms with van der Waals surface area (Å²) < 4.78 is 16.2. The number of carbonyl (C=O) groups excluding carboxylic acids is 2. The van der Waals surface area contributed by atoms with Gasteiger partial charge < -0.3 is 24.4 Å². The normalized spacial score (nSPS) is 13.5. The molecule has 0 aromatic heterocycles. The van der Waals surface area contributed by atoms with Crippen LogP contribution in [0, 0.1) is 6.92 Å². The van der Waals surface area contributed by atoms with Gasteiger partial charge in [-0.25, -0.2) is 0 Å². The van der Waals surface area contributed by atoms with Gasteiger partial charge in [0.05, 0.1) is 20.3 Å². The summed E-state index contributed by atoms with van der Waals surface area (Å²) in [6.07, 6.45) is 1.63. The van der Waals surface area contributed by atoms with Crippen LogP contribution in [0.15, 0.2) is 49.1 Å². The summed E-state index contributed by atoms with van der Waals surface area (Å²) in [6.45, 7) is 7.99. The van der Waals surface area contributed by atoms with Crippen molar-refractivity contribution in [1.82, 2.24) is 4.90 Å². The Morgan fingerprint density at radius 2 is 1.97 bits per heavy atom. The van der Waals surface area contributed by atoms with Crippen LogP contribution >= 0.6 is 0 Å². The Hall–Kier alpha value is -3.32. The molecule has 0 spiro atoms. The van der Waals surface area contributed by atoms with Gasteiger partial charge in [-0.1, -0.05) is 18.7 Å². The first-order chi connectivity index (χ1) is 14.5. The monoisotopic (exact) mass is 410 g/mol. The molecule has 0 radical (unpaired) electrons. The number of amides is 2. The lowest BCUT2D eigenvalue weighted by Gasteiger charge is -2.27. The van der Waals surface area contributed by atoms with Gasteiger partial charge in [0, 0.05) is 29.9 Å². The first kappa shape index (κ1) is 21.4. The van der Waals surface area contributed by atoms with Gasteiger partial charge in [0.1, 0.15) is 6.61 Å². The molecule has 1 N–H and O–H groups in total. The molecule has 7 heteroatoms. The molecular formula is C23H26N2O5. The minimum absolute atomic E-state index is 0.0581. The SMILES string of the molecule is C=CCOc1ccc(C(=O)Nc2cccc(C(=O)N3CCOCC3)c2C)cc1OC. The Morgan fingerprint density at radius 1 is 1.20 bits per heavy atom. The second kappa shape index (κ2) is 9.93. The van der Waals surface area contributed by atoms with Gasteiger partial charge in [-0.15, -0.1) is 0 Å². The lowest BCUT2D eigenvalue weighted by atomic mass is 10.0. The summed E-state index contributed by atoms with van der Waals surface area (Å²) in [4.78, 5) is 27.4. The van der Waals surface area contributed by atoms with E-state index < -0.39 is 0 Å². The molecule has 1 heterocycles. The van der Waals surface area contributed by atoms with Gasteiger partial charge in [-0.2, -0.15) is 0 Å². The van der Waals surface area contributed by atoms with Crippen molar-refractivity contribution in [3.05, 3.63) is 65.7 Å². The number of hydrogen-bond donors (Lipinski definition) is 1. The van der Waals surface area contributed by atoms with Crippen LogP contribution in [0.2, 0.25) is 0 Å². The zero-order valence-electron chi connectivity index (χ0n) is 17.3. The van der Waals surface area contributed by atoms with Crippen LogP contribution in [0.4, 0.5) is 5.69 Å². The maximum absolute atomic E-state index is 12.9. The minimum atomic E-state index is -0.303. The van der Waals surface area contributed by atoms with Crippen LogP contribution in [0.1, 0.15) is 26.3 Å². The molecule has 158 valence electrons. The number of nitrogens with one attached hydrogen (secondary N) is 1. The topological polar surface area (TPSA) is 77.1 Å². The number of methoxy groups -OCH3 is 1. The number of morpholine rings is 1. The molecule has 1 aliphatic heterocycles. The largest absolute Gasteiger partial charge is 0.493 e. The van der Waals surface area contributed by atoms with Gasteiger partial charge in [-0.05, 0) is 42.8 Å². The minimum Gasteiger partial charge on any atom is -0.493 e. The van der Waals surface area contributed by atoms with Crippen molar-refractivity contribution >= 4 is 17.5 Å². The van der Waals surface area contributed by atoms with Crippen LogP contribution in [-0.4, -0.2) is 56.7 Å². The third kappa shape index (κ3) is 4.80. The number of ether oxygens (including phenoxy) is 3. The number of anilines is 1. The lowest BCUT2D eigenvalue weighted by Crippen LogP contribution is -2.41. The quantitative estimate of drug-likeness (QED) is 0.709. The van der Waals surface area contributed by atoms with E-state index in [1.807, 2.05) is 6.92 Å². The van der Waals surface area contributed by atoms with Gasteiger partial charge >= 0.3 is 0 Å². The zero-order valence-corrected chi connectivity index (χ0v) is 17.3. The molecule has 2 aromatic rings. The summed E-state index contributed by atoms with van der Waals surface area (Å²) in [5.41, 5.74) is 2.30. The second-order valence-corrected chi connectivity index (χ2v) is 6.80. The standard InChI is InChI=1S/C23H26N2O5/c1-4-12-30-20-9-8-17(15-21(20)28-3)22(26)24-19-7-5-6-18(16(19)2)23(27)25-10-13-29-14-11-25/h4-9,15H,1,10-14H2,2-3H3,(H,24,26). The van der Waals surface area contributed by atoms with Crippen molar-refractivity contribution in [3.8, 4) is 11.5 Å². The summed E-state index contributed by atoms with van der Waals surface area (Å²) >= 11 is 0. The van der Waals surface area contributed by atoms with E-state index in [1.165, 1.54) is 7.11 Å². The maximum Gasteiger partial charge on any atom is 0.255 e.